The van der Waals surface area contributed by atoms with E-state index >= 15 is 0 Å². The highest BCUT2D eigenvalue weighted by atomic mass is 16.5. The molecule has 1 saturated heterocycles. The van der Waals surface area contributed by atoms with Crippen LogP contribution in [0.25, 0.3) is 0 Å². The van der Waals surface area contributed by atoms with Crippen molar-refractivity contribution < 1.29 is 9.53 Å². The van der Waals surface area contributed by atoms with Gasteiger partial charge in [-0.05, 0) is 12.0 Å². The molecule has 3 nitrogen and oxygen atoms in total. The fourth-order valence-corrected chi connectivity index (χ4v) is 2.16. The molecule has 0 radical (unpaired) electrons. The standard InChI is InChI=1S/C13H17NO2/c1-16-10-12-7-8-13(15)14(12)9-11-5-3-2-4-6-11/h2-6,12H,7-10H2,1H3/t12-/m0/s1. The number of carbonyl (C=O) groups excluding carboxylic acids is 1. The first-order chi connectivity index (χ1) is 7.81. The Bertz CT molecular complexity index is 350. The van der Waals surface area contributed by atoms with Crippen LogP contribution in [0.1, 0.15) is 18.4 Å². The Morgan fingerprint density at radius 3 is 2.81 bits per heavy atom. The van der Waals surface area contributed by atoms with Crippen molar-refractivity contribution in [3.8, 4) is 0 Å². The van der Waals surface area contributed by atoms with Crippen molar-refractivity contribution in [2.24, 2.45) is 0 Å². The molecule has 0 bridgehead atoms. The summed E-state index contributed by atoms with van der Waals surface area (Å²) in [6.45, 7) is 1.34. The number of nitrogens with zero attached hydrogens (tertiary/aromatic N) is 1. The summed E-state index contributed by atoms with van der Waals surface area (Å²) in [7, 11) is 1.68. The first kappa shape index (κ1) is 11.1. The number of benzene rings is 1. The molecule has 1 aliphatic rings. The van der Waals surface area contributed by atoms with Crippen molar-refractivity contribution in [2.45, 2.75) is 25.4 Å². The zero-order valence-electron chi connectivity index (χ0n) is 9.56. The van der Waals surface area contributed by atoms with Crippen molar-refractivity contribution in [3.63, 3.8) is 0 Å². The second-order valence-corrected chi connectivity index (χ2v) is 4.16. The quantitative estimate of drug-likeness (QED) is 0.773. The second kappa shape index (κ2) is 5.12. The van der Waals surface area contributed by atoms with E-state index in [1.54, 1.807) is 7.11 Å². The van der Waals surface area contributed by atoms with E-state index < -0.39 is 0 Å². The first-order valence-corrected chi connectivity index (χ1v) is 5.63. The molecule has 1 amide bonds. The summed E-state index contributed by atoms with van der Waals surface area (Å²) < 4.78 is 5.15. The van der Waals surface area contributed by atoms with Crippen LogP contribution in [0.2, 0.25) is 0 Å². The lowest BCUT2D eigenvalue weighted by Gasteiger charge is -2.24. The van der Waals surface area contributed by atoms with Gasteiger partial charge in [-0.2, -0.15) is 0 Å². The molecule has 0 aromatic heterocycles. The molecule has 0 saturated carbocycles. The van der Waals surface area contributed by atoms with Crippen LogP contribution < -0.4 is 0 Å². The average Bonchev–Trinajstić information content (AvgIpc) is 2.64. The van der Waals surface area contributed by atoms with Gasteiger partial charge < -0.3 is 9.64 Å². The molecule has 1 aliphatic heterocycles. The number of rotatable bonds is 4. The van der Waals surface area contributed by atoms with Crippen LogP contribution in [-0.2, 0) is 16.1 Å². The largest absolute Gasteiger partial charge is 0.383 e. The minimum Gasteiger partial charge on any atom is -0.383 e. The van der Waals surface area contributed by atoms with Gasteiger partial charge in [0.1, 0.15) is 0 Å². The van der Waals surface area contributed by atoms with Gasteiger partial charge in [0.25, 0.3) is 0 Å². The smallest absolute Gasteiger partial charge is 0.223 e. The van der Waals surface area contributed by atoms with Crippen molar-refractivity contribution in [3.05, 3.63) is 35.9 Å². The molecule has 0 unspecified atom stereocenters. The van der Waals surface area contributed by atoms with E-state index in [2.05, 4.69) is 12.1 Å². The Morgan fingerprint density at radius 2 is 2.12 bits per heavy atom. The summed E-state index contributed by atoms with van der Waals surface area (Å²) in [5.41, 5.74) is 1.18. The van der Waals surface area contributed by atoms with Gasteiger partial charge in [0.15, 0.2) is 0 Å². The Kier molecular flexibility index (Phi) is 3.57. The normalized spacial score (nSPS) is 20.4. The number of hydrogen-bond acceptors (Lipinski definition) is 2. The van der Waals surface area contributed by atoms with Gasteiger partial charge in [0.2, 0.25) is 5.91 Å². The fraction of sp³-hybridized carbons (Fsp3) is 0.462. The lowest BCUT2D eigenvalue weighted by molar-refractivity contribution is -0.130. The van der Waals surface area contributed by atoms with E-state index in [0.717, 1.165) is 6.42 Å². The van der Waals surface area contributed by atoms with E-state index in [4.69, 9.17) is 4.74 Å². The van der Waals surface area contributed by atoms with Gasteiger partial charge in [-0.1, -0.05) is 30.3 Å². The summed E-state index contributed by atoms with van der Waals surface area (Å²) in [5, 5.41) is 0. The van der Waals surface area contributed by atoms with Gasteiger partial charge in [0, 0.05) is 20.1 Å². The van der Waals surface area contributed by atoms with E-state index in [9.17, 15) is 4.79 Å². The van der Waals surface area contributed by atoms with Gasteiger partial charge in [-0.3, -0.25) is 4.79 Å². The number of hydrogen-bond donors (Lipinski definition) is 0. The van der Waals surface area contributed by atoms with Crippen LogP contribution >= 0.6 is 0 Å². The summed E-state index contributed by atoms with van der Waals surface area (Å²) in [4.78, 5) is 13.7. The molecule has 3 heteroatoms. The summed E-state index contributed by atoms with van der Waals surface area (Å²) in [6, 6.07) is 10.3. The van der Waals surface area contributed by atoms with Crippen molar-refractivity contribution >= 4 is 5.91 Å². The molecule has 1 heterocycles. The van der Waals surface area contributed by atoms with Crippen LogP contribution in [0.5, 0.6) is 0 Å². The molecular formula is C13H17NO2. The third-order valence-corrected chi connectivity index (χ3v) is 3.01. The molecule has 0 spiro atoms. The van der Waals surface area contributed by atoms with E-state index in [1.165, 1.54) is 5.56 Å². The molecule has 1 aromatic carbocycles. The second-order valence-electron chi connectivity index (χ2n) is 4.16. The maximum atomic E-state index is 11.7. The highest BCUT2D eigenvalue weighted by molar-refractivity contribution is 5.78. The summed E-state index contributed by atoms with van der Waals surface area (Å²) >= 11 is 0. The zero-order chi connectivity index (χ0) is 11.4. The molecule has 0 aliphatic carbocycles. The molecule has 16 heavy (non-hydrogen) atoms. The van der Waals surface area contributed by atoms with Crippen LogP contribution in [0, 0.1) is 0 Å². The van der Waals surface area contributed by atoms with Crippen LogP contribution in [0.4, 0.5) is 0 Å². The summed E-state index contributed by atoms with van der Waals surface area (Å²) in [6.07, 6.45) is 1.57. The summed E-state index contributed by atoms with van der Waals surface area (Å²) in [5.74, 6) is 0.242. The van der Waals surface area contributed by atoms with E-state index in [1.807, 2.05) is 23.1 Å². The average molecular weight is 219 g/mol. The monoisotopic (exact) mass is 219 g/mol. The maximum Gasteiger partial charge on any atom is 0.223 e. The van der Waals surface area contributed by atoms with Gasteiger partial charge >= 0.3 is 0 Å². The predicted octanol–water partition coefficient (Wildman–Crippen LogP) is 1.82. The lowest BCUT2D eigenvalue weighted by Crippen LogP contribution is -2.35. The first-order valence-electron chi connectivity index (χ1n) is 5.63. The number of ether oxygens (including phenoxy) is 1. The van der Waals surface area contributed by atoms with Crippen molar-refractivity contribution in [1.82, 2.24) is 4.90 Å². The maximum absolute atomic E-state index is 11.7. The predicted molar refractivity (Wildman–Crippen MR) is 61.9 cm³/mol. The topological polar surface area (TPSA) is 29.5 Å². The third kappa shape index (κ3) is 2.42. The highest BCUT2D eigenvalue weighted by Crippen LogP contribution is 2.21. The SMILES string of the molecule is COC[C@@H]1CCC(=O)N1Cc1ccccc1. The molecule has 0 N–H and O–H groups in total. The Hall–Kier alpha value is -1.35. The molecule has 2 rings (SSSR count). The Morgan fingerprint density at radius 1 is 1.38 bits per heavy atom. The fourth-order valence-electron chi connectivity index (χ4n) is 2.16. The van der Waals surface area contributed by atoms with Crippen LogP contribution in [0.3, 0.4) is 0 Å². The van der Waals surface area contributed by atoms with Crippen molar-refractivity contribution in [1.29, 1.82) is 0 Å². The van der Waals surface area contributed by atoms with Crippen molar-refractivity contribution in [2.75, 3.05) is 13.7 Å². The minimum atomic E-state index is 0.242. The van der Waals surface area contributed by atoms with Crippen LogP contribution in [0.15, 0.2) is 30.3 Å². The molecular weight excluding hydrogens is 202 g/mol. The Balaban J connectivity index is 2.04. The van der Waals surface area contributed by atoms with E-state index in [0.29, 0.717) is 19.6 Å². The molecule has 1 aromatic rings. The number of methoxy groups -OCH3 is 1. The number of likely N-dealkylation sites (tertiary alicyclic amines) is 1. The van der Waals surface area contributed by atoms with Crippen LogP contribution in [-0.4, -0.2) is 30.6 Å². The lowest BCUT2D eigenvalue weighted by atomic mass is 10.2. The highest BCUT2D eigenvalue weighted by Gasteiger charge is 2.30. The van der Waals surface area contributed by atoms with Gasteiger partial charge in [0.05, 0.1) is 12.6 Å². The van der Waals surface area contributed by atoms with Gasteiger partial charge in [-0.25, -0.2) is 0 Å². The van der Waals surface area contributed by atoms with E-state index in [-0.39, 0.29) is 11.9 Å². The minimum absolute atomic E-state index is 0.242. The molecule has 1 atom stereocenters. The number of carbonyl (C=O) groups is 1. The molecule has 86 valence electrons. The third-order valence-electron chi connectivity index (χ3n) is 3.01. The molecule has 1 fully saturated rings. The Labute approximate surface area is 96.0 Å². The number of amides is 1. The zero-order valence-corrected chi connectivity index (χ0v) is 9.56. The van der Waals surface area contributed by atoms with Gasteiger partial charge in [-0.15, -0.1) is 0 Å².